The third-order valence-electron chi connectivity index (χ3n) is 6.45. The van der Waals surface area contributed by atoms with E-state index in [0.717, 1.165) is 28.2 Å². The van der Waals surface area contributed by atoms with Gasteiger partial charge >= 0.3 is 0 Å². The zero-order valence-electron chi connectivity index (χ0n) is 20.6. The van der Waals surface area contributed by atoms with Crippen molar-refractivity contribution in [1.29, 1.82) is 0 Å². The Labute approximate surface area is 222 Å². The van der Waals surface area contributed by atoms with E-state index >= 15 is 0 Å². The highest BCUT2D eigenvalue weighted by atomic mass is 35.5. The maximum Gasteiger partial charge on any atom is 0.251 e. The van der Waals surface area contributed by atoms with Gasteiger partial charge in [-0.2, -0.15) is 0 Å². The van der Waals surface area contributed by atoms with Crippen LogP contribution in [0.2, 0.25) is 0 Å². The number of benzene rings is 2. The quantitative estimate of drug-likeness (QED) is 0.277. The molecule has 2 aromatic heterocycles. The van der Waals surface area contributed by atoms with Crippen molar-refractivity contribution in [3.8, 4) is 5.69 Å². The first-order chi connectivity index (χ1) is 18.0. The van der Waals surface area contributed by atoms with Gasteiger partial charge in [0.1, 0.15) is 0 Å². The summed E-state index contributed by atoms with van der Waals surface area (Å²) < 4.78 is 8.46. The van der Waals surface area contributed by atoms with E-state index < -0.39 is 5.06 Å². The minimum absolute atomic E-state index is 0.130. The summed E-state index contributed by atoms with van der Waals surface area (Å²) in [6.07, 6.45) is 11.4. The summed E-state index contributed by atoms with van der Waals surface area (Å²) in [6, 6.07) is 25.6. The van der Waals surface area contributed by atoms with Crippen LogP contribution in [0.15, 0.2) is 116 Å². The normalized spacial score (nSPS) is 18.6. The lowest BCUT2D eigenvalue weighted by Crippen LogP contribution is -2.33. The fourth-order valence-corrected chi connectivity index (χ4v) is 4.82. The zero-order chi connectivity index (χ0) is 25.7. The first-order valence-corrected chi connectivity index (χ1v) is 12.6. The maximum atomic E-state index is 12.7. The van der Waals surface area contributed by atoms with E-state index in [2.05, 4.69) is 40.0 Å². The molecule has 6 heteroatoms. The third kappa shape index (κ3) is 5.58. The lowest BCUT2D eigenvalue weighted by molar-refractivity contribution is 0.0291. The molecule has 37 heavy (non-hydrogen) atoms. The van der Waals surface area contributed by atoms with Gasteiger partial charge in [-0.1, -0.05) is 66.2 Å². The van der Waals surface area contributed by atoms with E-state index in [9.17, 15) is 4.79 Å². The van der Waals surface area contributed by atoms with E-state index in [0.29, 0.717) is 18.7 Å². The molecular formula is C31H28ClN3O2. The van der Waals surface area contributed by atoms with Crippen LogP contribution < -0.4 is 5.32 Å². The molecule has 0 saturated carbocycles. The molecule has 2 atom stereocenters. The van der Waals surface area contributed by atoms with Gasteiger partial charge in [0.2, 0.25) is 0 Å². The lowest BCUT2D eigenvalue weighted by Gasteiger charge is -2.34. The van der Waals surface area contributed by atoms with E-state index in [4.69, 9.17) is 16.3 Å². The van der Waals surface area contributed by atoms with Gasteiger partial charge in [0.15, 0.2) is 5.06 Å². The number of hydrogen-bond donors (Lipinski definition) is 1. The molecule has 1 aliphatic rings. The number of rotatable bonds is 8. The Hall–Kier alpha value is -3.93. The van der Waals surface area contributed by atoms with Crippen LogP contribution in [0.5, 0.6) is 0 Å². The van der Waals surface area contributed by atoms with Crippen molar-refractivity contribution < 1.29 is 9.53 Å². The number of nitrogens with zero attached hydrogens (tertiary/aromatic N) is 2. The minimum Gasteiger partial charge on any atom is -0.350 e. The van der Waals surface area contributed by atoms with Gasteiger partial charge in [-0.3, -0.25) is 9.78 Å². The van der Waals surface area contributed by atoms with Crippen molar-refractivity contribution >= 4 is 17.5 Å². The van der Waals surface area contributed by atoms with Crippen LogP contribution >= 0.6 is 11.6 Å². The Morgan fingerprint density at radius 1 is 1.00 bits per heavy atom. The molecule has 1 aliphatic carbocycles. The highest BCUT2D eigenvalue weighted by Crippen LogP contribution is 2.42. The van der Waals surface area contributed by atoms with Crippen molar-refractivity contribution in [2.45, 2.75) is 31.1 Å². The smallest absolute Gasteiger partial charge is 0.251 e. The predicted octanol–water partition coefficient (Wildman–Crippen LogP) is 6.47. The number of aromatic nitrogens is 2. The van der Waals surface area contributed by atoms with Crippen LogP contribution in [0.25, 0.3) is 5.69 Å². The average molecular weight is 510 g/mol. The van der Waals surface area contributed by atoms with Gasteiger partial charge in [-0.15, -0.1) is 0 Å². The molecule has 5 rings (SSSR count). The zero-order valence-corrected chi connectivity index (χ0v) is 21.3. The van der Waals surface area contributed by atoms with E-state index in [-0.39, 0.29) is 11.8 Å². The average Bonchev–Trinajstić information content (AvgIpc) is 3.33. The lowest BCUT2D eigenvalue weighted by atomic mass is 9.93. The molecule has 186 valence electrons. The van der Waals surface area contributed by atoms with E-state index in [1.807, 2.05) is 85.0 Å². The number of ether oxygens (including phenoxy) is 1. The largest absolute Gasteiger partial charge is 0.350 e. The first-order valence-electron chi connectivity index (χ1n) is 12.2. The van der Waals surface area contributed by atoms with Crippen LogP contribution in [0.1, 0.15) is 38.8 Å². The van der Waals surface area contributed by atoms with E-state index in [1.54, 1.807) is 12.4 Å². The van der Waals surface area contributed by atoms with Crippen LogP contribution in [-0.2, 0) is 17.9 Å². The Kier molecular flexibility index (Phi) is 7.35. The molecule has 0 radical (unpaired) electrons. The van der Waals surface area contributed by atoms with Crippen molar-refractivity contribution in [1.82, 2.24) is 14.9 Å². The van der Waals surface area contributed by atoms with Crippen molar-refractivity contribution in [3.05, 3.63) is 144 Å². The summed E-state index contributed by atoms with van der Waals surface area (Å²) in [6.45, 7) is 2.89. The van der Waals surface area contributed by atoms with Crippen LogP contribution in [0.4, 0.5) is 0 Å². The number of nitrogens with one attached hydrogen (secondary N) is 1. The molecule has 0 saturated heterocycles. The SMILES string of the molecule is Cc1ccc(C2C=CC=CC2(Cl)OCc2ccccc2)n1-c1ccc(C(=O)NCc2cccnc2)cc1. The van der Waals surface area contributed by atoms with Gasteiger partial charge < -0.3 is 14.6 Å². The number of alkyl halides is 1. The number of hydrogen-bond acceptors (Lipinski definition) is 3. The second-order valence-corrected chi connectivity index (χ2v) is 9.61. The van der Waals surface area contributed by atoms with Gasteiger partial charge in [0.05, 0.1) is 12.5 Å². The Morgan fingerprint density at radius 3 is 2.54 bits per heavy atom. The maximum absolute atomic E-state index is 12.7. The molecule has 5 nitrogen and oxygen atoms in total. The number of aryl methyl sites for hydroxylation is 1. The third-order valence-corrected chi connectivity index (χ3v) is 6.92. The summed E-state index contributed by atoms with van der Waals surface area (Å²) in [5.41, 5.74) is 5.63. The molecule has 0 spiro atoms. The standard InChI is InChI=1S/C31H28ClN3O2/c1-23-12-17-29(28-11-5-6-18-31(28,32)37-22-24-8-3-2-4-9-24)35(23)27-15-13-26(14-16-27)30(36)34-21-25-10-7-19-33-20-25/h2-20,28H,21-22H2,1H3,(H,34,36). The molecule has 0 bridgehead atoms. The van der Waals surface area contributed by atoms with E-state index in [1.165, 1.54) is 0 Å². The number of carbonyl (C=O) groups is 1. The molecule has 1 N–H and O–H groups in total. The molecule has 1 amide bonds. The summed E-state index contributed by atoms with van der Waals surface area (Å²) in [5.74, 6) is -0.340. The Morgan fingerprint density at radius 2 is 1.78 bits per heavy atom. The highest BCUT2D eigenvalue weighted by Gasteiger charge is 2.38. The number of pyridine rings is 1. The Balaban J connectivity index is 1.35. The number of amides is 1. The molecule has 2 unspecified atom stereocenters. The number of carbonyl (C=O) groups excluding carboxylic acids is 1. The van der Waals surface area contributed by atoms with Gasteiger partial charge in [-0.25, -0.2) is 0 Å². The van der Waals surface area contributed by atoms with Crippen molar-refractivity contribution in [3.63, 3.8) is 0 Å². The first kappa shape index (κ1) is 24.8. The summed E-state index contributed by atoms with van der Waals surface area (Å²) in [5, 5.41) is 1.92. The van der Waals surface area contributed by atoms with Gasteiger partial charge in [-0.05, 0) is 66.6 Å². The van der Waals surface area contributed by atoms with Gasteiger partial charge in [0.25, 0.3) is 5.91 Å². The monoisotopic (exact) mass is 509 g/mol. The Bertz CT molecular complexity index is 1410. The van der Waals surface area contributed by atoms with Crippen LogP contribution in [0, 0.1) is 6.92 Å². The number of allylic oxidation sites excluding steroid dienone is 2. The highest BCUT2D eigenvalue weighted by molar-refractivity contribution is 6.25. The second-order valence-electron chi connectivity index (χ2n) is 9.02. The molecule has 0 aliphatic heterocycles. The molecule has 2 aromatic carbocycles. The summed E-state index contributed by atoms with van der Waals surface area (Å²) in [4.78, 5) is 16.8. The number of halogens is 1. The minimum atomic E-state index is -1.03. The van der Waals surface area contributed by atoms with Crippen molar-refractivity contribution in [2.75, 3.05) is 0 Å². The topological polar surface area (TPSA) is 56.1 Å². The van der Waals surface area contributed by atoms with Crippen molar-refractivity contribution in [2.24, 2.45) is 0 Å². The summed E-state index contributed by atoms with van der Waals surface area (Å²) in [7, 11) is 0. The van der Waals surface area contributed by atoms with Crippen LogP contribution in [-0.4, -0.2) is 20.5 Å². The predicted molar refractivity (Wildman–Crippen MR) is 147 cm³/mol. The second kappa shape index (κ2) is 11.0. The molecule has 0 fully saturated rings. The molecular weight excluding hydrogens is 482 g/mol. The summed E-state index contributed by atoms with van der Waals surface area (Å²) >= 11 is 7.12. The van der Waals surface area contributed by atoms with Gasteiger partial charge in [0, 0.05) is 41.6 Å². The molecule has 4 aromatic rings. The fraction of sp³-hybridized carbons (Fsp3) is 0.161. The van der Waals surface area contributed by atoms with Crippen LogP contribution in [0.3, 0.4) is 0 Å². The fourth-order valence-electron chi connectivity index (χ4n) is 4.51. The molecule has 2 heterocycles.